The lowest BCUT2D eigenvalue weighted by molar-refractivity contribution is -0.140. The fourth-order valence-corrected chi connectivity index (χ4v) is 2.13. The van der Waals surface area contributed by atoms with Gasteiger partial charge < -0.3 is 4.74 Å². The predicted octanol–water partition coefficient (Wildman–Crippen LogP) is 3.94. The molecule has 98 valence electrons. The number of rotatable bonds is 9. The zero-order valence-corrected chi connectivity index (χ0v) is 11.6. The third kappa shape index (κ3) is 7.85. The van der Waals surface area contributed by atoms with Gasteiger partial charge in [0.15, 0.2) is 0 Å². The van der Waals surface area contributed by atoms with Crippen LogP contribution in [0, 0.1) is 17.8 Å². The van der Waals surface area contributed by atoms with Crippen LogP contribution in [0.3, 0.4) is 0 Å². The Morgan fingerprint density at radius 2 is 1.88 bits per heavy atom. The quantitative estimate of drug-likeness (QED) is 0.263. The molecule has 0 rings (SSSR count). The molecule has 1 atom stereocenters. The summed E-state index contributed by atoms with van der Waals surface area (Å²) >= 11 is 0. The highest BCUT2D eigenvalue weighted by molar-refractivity contribution is 5.87. The van der Waals surface area contributed by atoms with Crippen molar-refractivity contribution in [3.05, 3.63) is 0 Å². The average molecular weight is 238 g/mol. The van der Waals surface area contributed by atoms with E-state index in [0.717, 1.165) is 19.3 Å². The molecule has 2 nitrogen and oxygen atoms in total. The molecule has 0 saturated carbocycles. The molecule has 1 unspecified atom stereocenters. The Morgan fingerprint density at radius 1 is 1.18 bits per heavy atom. The van der Waals surface area contributed by atoms with Crippen LogP contribution >= 0.6 is 0 Å². The molecule has 0 aliphatic heterocycles. The van der Waals surface area contributed by atoms with Crippen molar-refractivity contribution in [3.63, 3.8) is 0 Å². The summed E-state index contributed by atoms with van der Waals surface area (Å²) in [5.74, 6) is 1.45. The van der Waals surface area contributed by atoms with Crippen molar-refractivity contribution in [1.29, 1.82) is 0 Å². The Labute approximate surface area is 106 Å². The van der Waals surface area contributed by atoms with E-state index in [1.165, 1.54) is 25.7 Å². The van der Waals surface area contributed by atoms with E-state index in [0.29, 0.717) is 6.61 Å². The van der Waals surface area contributed by atoms with Gasteiger partial charge in [-0.1, -0.05) is 52.9 Å². The first-order chi connectivity index (χ1) is 8.08. The van der Waals surface area contributed by atoms with Gasteiger partial charge in [0.05, 0.1) is 6.61 Å². The van der Waals surface area contributed by atoms with Crippen molar-refractivity contribution in [2.45, 2.75) is 65.7 Å². The van der Waals surface area contributed by atoms with Crippen LogP contribution < -0.4 is 0 Å². The van der Waals surface area contributed by atoms with Crippen molar-refractivity contribution < 1.29 is 9.53 Å². The zero-order valence-electron chi connectivity index (χ0n) is 11.6. The molecule has 0 aliphatic rings. The summed E-state index contributed by atoms with van der Waals surface area (Å²) in [5.41, 5.74) is 0.0923. The van der Waals surface area contributed by atoms with E-state index in [2.05, 4.69) is 20.8 Å². The predicted molar refractivity (Wildman–Crippen MR) is 71.6 cm³/mol. The first-order valence-electron chi connectivity index (χ1n) is 6.71. The van der Waals surface area contributed by atoms with Gasteiger partial charge in [0.25, 0.3) is 0 Å². The number of hydrogen-bond donors (Lipinski definition) is 0. The van der Waals surface area contributed by atoms with Crippen LogP contribution in [0.25, 0.3) is 0 Å². The minimum absolute atomic E-state index is 0.0923. The summed E-state index contributed by atoms with van der Waals surface area (Å²) in [7, 11) is 0. The summed E-state index contributed by atoms with van der Waals surface area (Å²) in [5, 5.41) is 0. The maximum Gasteiger partial charge on any atom is 0.384 e. The highest BCUT2D eigenvalue weighted by Gasteiger charge is 2.24. The lowest BCUT2D eigenvalue weighted by atomic mass is 9.81. The molecule has 0 heterocycles. The fraction of sp³-hybridized carbons (Fsp3) is 0.800. The molecule has 0 saturated heterocycles. The summed E-state index contributed by atoms with van der Waals surface area (Å²) in [6.07, 6.45) is 13.3. The van der Waals surface area contributed by atoms with Gasteiger partial charge in [0.1, 0.15) is 0 Å². The molecule has 0 bridgehead atoms. The van der Waals surface area contributed by atoms with E-state index in [-0.39, 0.29) is 5.41 Å². The van der Waals surface area contributed by atoms with Gasteiger partial charge in [0.2, 0.25) is 0 Å². The fourth-order valence-electron chi connectivity index (χ4n) is 2.13. The van der Waals surface area contributed by atoms with Crippen LogP contribution in [-0.2, 0) is 9.53 Å². The lowest BCUT2D eigenvalue weighted by Crippen LogP contribution is -2.25. The van der Waals surface area contributed by atoms with Gasteiger partial charge in [-0.05, 0) is 12.8 Å². The molecule has 0 radical (unpaired) electrons. The molecule has 0 aliphatic carbocycles. The topological polar surface area (TPSA) is 26.3 Å². The molecule has 0 fully saturated rings. The second-order valence-electron chi connectivity index (χ2n) is 5.09. The highest BCUT2D eigenvalue weighted by atomic mass is 16.5. The van der Waals surface area contributed by atoms with Crippen molar-refractivity contribution in [3.8, 4) is 12.3 Å². The number of esters is 1. The van der Waals surface area contributed by atoms with E-state index in [9.17, 15) is 4.79 Å². The third-order valence-corrected chi connectivity index (χ3v) is 3.16. The number of carbonyl (C=O) groups excluding carboxylic acids is 1. The molecular weight excluding hydrogens is 212 g/mol. The number of terminal acetylenes is 1. The largest absolute Gasteiger partial charge is 0.456 e. The maximum atomic E-state index is 11.0. The number of unbranched alkanes of at least 4 members (excludes halogenated alkanes) is 3. The Morgan fingerprint density at radius 3 is 2.41 bits per heavy atom. The molecule has 0 aromatic carbocycles. The highest BCUT2D eigenvalue weighted by Crippen LogP contribution is 2.30. The molecule has 0 amide bonds. The summed E-state index contributed by atoms with van der Waals surface area (Å²) in [4.78, 5) is 11.0. The van der Waals surface area contributed by atoms with E-state index >= 15 is 0 Å². The van der Waals surface area contributed by atoms with Gasteiger partial charge in [-0.25, -0.2) is 4.79 Å². The molecule has 0 aromatic heterocycles. The zero-order chi connectivity index (χ0) is 13.1. The second kappa shape index (κ2) is 9.10. The maximum absolute atomic E-state index is 11.0. The van der Waals surface area contributed by atoms with Crippen molar-refractivity contribution in [2.75, 3.05) is 6.61 Å². The van der Waals surface area contributed by atoms with E-state index in [1.54, 1.807) is 0 Å². The SMILES string of the molecule is C#CC(=O)OCC(C)(CCC)CCCCCC. The first kappa shape index (κ1) is 16.0. The monoisotopic (exact) mass is 238 g/mol. The van der Waals surface area contributed by atoms with E-state index in [1.807, 2.05) is 5.92 Å². The van der Waals surface area contributed by atoms with Crippen LogP contribution in [0.4, 0.5) is 0 Å². The molecule has 0 spiro atoms. The van der Waals surface area contributed by atoms with Gasteiger partial charge in [-0.15, -0.1) is 6.42 Å². The molecule has 0 aromatic rings. The Hall–Kier alpha value is -0.970. The van der Waals surface area contributed by atoms with Crippen LogP contribution in [0.1, 0.15) is 65.7 Å². The number of ether oxygens (including phenoxy) is 1. The second-order valence-corrected chi connectivity index (χ2v) is 5.09. The molecule has 2 heteroatoms. The standard InChI is InChI=1S/C15H26O2/c1-5-8-9-10-12-15(4,11-6-2)13-17-14(16)7-3/h3H,5-6,8-13H2,1-2,4H3. The van der Waals surface area contributed by atoms with Gasteiger partial charge in [-0.3, -0.25) is 0 Å². The minimum atomic E-state index is -0.541. The van der Waals surface area contributed by atoms with Crippen LogP contribution in [0.15, 0.2) is 0 Å². The Balaban J connectivity index is 4.06. The van der Waals surface area contributed by atoms with Crippen molar-refractivity contribution in [1.82, 2.24) is 0 Å². The van der Waals surface area contributed by atoms with Crippen LogP contribution in [0.5, 0.6) is 0 Å². The summed E-state index contributed by atoms with van der Waals surface area (Å²) in [6, 6.07) is 0. The van der Waals surface area contributed by atoms with Crippen molar-refractivity contribution in [2.24, 2.45) is 5.41 Å². The first-order valence-corrected chi connectivity index (χ1v) is 6.71. The van der Waals surface area contributed by atoms with E-state index < -0.39 is 5.97 Å². The summed E-state index contributed by atoms with van der Waals surface area (Å²) < 4.78 is 5.09. The van der Waals surface area contributed by atoms with Crippen molar-refractivity contribution >= 4 is 5.97 Å². The number of carbonyl (C=O) groups is 1. The number of hydrogen-bond acceptors (Lipinski definition) is 2. The van der Waals surface area contributed by atoms with Gasteiger partial charge in [0, 0.05) is 11.3 Å². The summed E-state index contributed by atoms with van der Waals surface area (Å²) in [6.45, 7) is 7.01. The van der Waals surface area contributed by atoms with E-state index in [4.69, 9.17) is 11.2 Å². The van der Waals surface area contributed by atoms with Gasteiger partial charge >= 0.3 is 5.97 Å². The molecule has 17 heavy (non-hydrogen) atoms. The minimum Gasteiger partial charge on any atom is -0.456 e. The van der Waals surface area contributed by atoms with Crippen LogP contribution in [0.2, 0.25) is 0 Å². The molecular formula is C15H26O2. The third-order valence-electron chi connectivity index (χ3n) is 3.16. The normalized spacial score (nSPS) is 13.8. The Kier molecular flexibility index (Phi) is 8.58. The van der Waals surface area contributed by atoms with Crippen LogP contribution in [-0.4, -0.2) is 12.6 Å². The van der Waals surface area contributed by atoms with Gasteiger partial charge in [-0.2, -0.15) is 0 Å². The molecule has 0 N–H and O–H groups in total. The average Bonchev–Trinajstić information content (AvgIpc) is 2.32. The Bertz CT molecular complexity index is 252. The smallest absolute Gasteiger partial charge is 0.384 e. The lowest BCUT2D eigenvalue weighted by Gasteiger charge is -2.28.